The number of hydrogen-bond donors (Lipinski definition) is 2. The smallest absolute Gasteiger partial charge is 0.303 e. The number of carboxylic acids is 1. The average Bonchev–Trinajstić information content (AvgIpc) is 2.68. The van der Waals surface area contributed by atoms with Crippen molar-refractivity contribution in [3.05, 3.63) is 17.6 Å². The fraction of sp³-hybridized carbons (Fsp3) is 0.667. The third kappa shape index (κ3) is 4.47. The van der Waals surface area contributed by atoms with Gasteiger partial charge in [-0.15, -0.1) is 0 Å². The van der Waals surface area contributed by atoms with E-state index in [0.717, 1.165) is 44.5 Å². The summed E-state index contributed by atoms with van der Waals surface area (Å²) in [5, 5.41) is 12.0. The van der Waals surface area contributed by atoms with Crippen molar-refractivity contribution in [2.45, 2.75) is 57.8 Å². The number of aryl methyl sites for hydroxylation is 1. The number of aliphatic carboxylic acids is 1. The zero-order chi connectivity index (χ0) is 14.2. The van der Waals surface area contributed by atoms with Gasteiger partial charge >= 0.3 is 5.97 Å². The molecule has 0 radical (unpaired) electrons. The van der Waals surface area contributed by atoms with E-state index in [-0.39, 0.29) is 6.42 Å². The molecule has 1 heterocycles. The van der Waals surface area contributed by atoms with Crippen molar-refractivity contribution in [1.82, 2.24) is 9.97 Å². The molecule has 1 aliphatic rings. The Hall–Kier alpha value is -1.65. The van der Waals surface area contributed by atoms with Crippen LogP contribution < -0.4 is 5.32 Å². The molecule has 0 bridgehead atoms. The first-order chi connectivity index (χ1) is 9.77. The van der Waals surface area contributed by atoms with Crippen molar-refractivity contribution in [3.8, 4) is 0 Å². The standard InChI is InChI=1S/C15H23N3O2/c19-14(20)9-5-2-6-10-16-15-12-7-3-1-4-8-13(12)17-11-18-15/h11H,1-10H2,(H,19,20)(H,16,17,18). The predicted octanol–water partition coefficient (Wildman–Crippen LogP) is 2.80. The Morgan fingerprint density at radius 1 is 1.15 bits per heavy atom. The molecular weight excluding hydrogens is 254 g/mol. The summed E-state index contributed by atoms with van der Waals surface area (Å²) in [6.45, 7) is 0.850. The molecule has 0 unspecified atom stereocenters. The van der Waals surface area contributed by atoms with Gasteiger partial charge in [-0.2, -0.15) is 0 Å². The molecule has 0 amide bonds. The number of aromatic nitrogens is 2. The summed E-state index contributed by atoms with van der Waals surface area (Å²) in [6.07, 6.45) is 10.4. The quantitative estimate of drug-likeness (QED) is 0.592. The van der Waals surface area contributed by atoms with E-state index in [1.54, 1.807) is 6.33 Å². The van der Waals surface area contributed by atoms with Gasteiger partial charge in [0.25, 0.3) is 0 Å². The van der Waals surface area contributed by atoms with Gasteiger partial charge in [-0.05, 0) is 38.5 Å². The van der Waals surface area contributed by atoms with Crippen molar-refractivity contribution in [2.75, 3.05) is 11.9 Å². The zero-order valence-electron chi connectivity index (χ0n) is 11.9. The van der Waals surface area contributed by atoms with E-state index in [1.165, 1.54) is 30.5 Å². The van der Waals surface area contributed by atoms with Crippen LogP contribution in [0.25, 0.3) is 0 Å². The summed E-state index contributed by atoms with van der Waals surface area (Å²) in [5.41, 5.74) is 2.49. The molecule has 5 heteroatoms. The highest BCUT2D eigenvalue weighted by atomic mass is 16.4. The van der Waals surface area contributed by atoms with E-state index in [1.807, 2.05) is 0 Å². The van der Waals surface area contributed by atoms with E-state index < -0.39 is 5.97 Å². The lowest BCUT2D eigenvalue weighted by Gasteiger charge is -2.12. The highest BCUT2D eigenvalue weighted by Gasteiger charge is 2.13. The van der Waals surface area contributed by atoms with Gasteiger partial charge in [-0.25, -0.2) is 9.97 Å². The maximum absolute atomic E-state index is 10.4. The highest BCUT2D eigenvalue weighted by molar-refractivity contribution is 5.66. The predicted molar refractivity (Wildman–Crippen MR) is 77.9 cm³/mol. The molecule has 1 aromatic rings. The average molecular weight is 277 g/mol. The van der Waals surface area contributed by atoms with E-state index in [9.17, 15) is 4.79 Å². The summed E-state index contributed by atoms with van der Waals surface area (Å²) in [6, 6.07) is 0. The van der Waals surface area contributed by atoms with Gasteiger partial charge in [0.2, 0.25) is 0 Å². The molecule has 110 valence electrons. The molecule has 20 heavy (non-hydrogen) atoms. The van der Waals surface area contributed by atoms with Gasteiger partial charge in [0.1, 0.15) is 12.1 Å². The number of carbonyl (C=O) groups is 1. The van der Waals surface area contributed by atoms with Crippen molar-refractivity contribution in [2.24, 2.45) is 0 Å². The van der Waals surface area contributed by atoms with Gasteiger partial charge in [0.05, 0.1) is 0 Å². The van der Waals surface area contributed by atoms with E-state index >= 15 is 0 Å². The van der Waals surface area contributed by atoms with Crippen LogP contribution in [0, 0.1) is 0 Å². The topological polar surface area (TPSA) is 75.1 Å². The summed E-state index contributed by atoms with van der Waals surface area (Å²) in [7, 11) is 0. The Kier molecular flexibility index (Phi) is 5.77. The minimum absolute atomic E-state index is 0.267. The molecule has 1 aliphatic carbocycles. The fourth-order valence-corrected chi connectivity index (χ4v) is 2.64. The molecule has 0 fully saturated rings. The second kappa shape index (κ2) is 7.82. The number of fused-ring (bicyclic) bond motifs is 1. The largest absolute Gasteiger partial charge is 0.481 e. The van der Waals surface area contributed by atoms with Crippen molar-refractivity contribution in [3.63, 3.8) is 0 Å². The van der Waals surface area contributed by atoms with E-state index in [2.05, 4.69) is 15.3 Å². The second-order valence-electron chi connectivity index (χ2n) is 5.34. The third-order valence-corrected chi connectivity index (χ3v) is 3.73. The molecule has 2 N–H and O–H groups in total. The SMILES string of the molecule is O=C(O)CCCCCNc1ncnc2c1CCCCC2. The van der Waals surface area contributed by atoms with Crippen LogP contribution in [0.2, 0.25) is 0 Å². The number of hydrogen-bond acceptors (Lipinski definition) is 4. The monoisotopic (exact) mass is 277 g/mol. The van der Waals surface area contributed by atoms with Crippen LogP contribution in [0.5, 0.6) is 0 Å². The van der Waals surface area contributed by atoms with Gasteiger partial charge in [0, 0.05) is 24.2 Å². The molecule has 1 aromatic heterocycles. The van der Waals surface area contributed by atoms with Crippen LogP contribution in [0.4, 0.5) is 5.82 Å². The first-order valence-electron chi connectivity index (χ1n) is 7.56. The van der Waals surface area contributed by atoms with Crippen molar-refractivity contribution < 1.29 is 9.90 Å². The molecule has 0 aliphatic heterocycles. The Balaban J connectivity index is 1.79. The highest BCUT2D eigenvalue weighted by Crippen LogP contribution is 2.23. The molecule has 0 aromatic carbocycles. The first-order valence-corrected chi connectivity index (χ1v) is 7.56. The number of nitrogens with zero attached hydrogens (tertiary/aromatic N) is 2. The third-order valence-electron chi connectivity index (χ3n) is 3.73. The normalized spacial score (nSPS) is 14.4. The minimum atomic E-state index is -0.709. The summed E-state index contributed by atoms with van der Waals surface area (Å²) < 4.78 is 0. The van der Waals surface area contributed by atoms with Crippen LogP contribution in [-0.4, -0.2) is 27.6 Å². The molecule has 2 rings (SSSR count). The fourth-order valence-electron chi connectivity index (χ4n) is 2.64. The van der Waals surface area contributed by atoms with Crippen LogP contribution in [-0.2, 0) is 17.6 Å². The lowest BCUT2D eigenvalue weighted by molar-refractivity contribution is -0.137. The number of carboxylic acid groups (broad SMARTS) is 1. The van der Waals surface area contributed by atoms with Crippen molar-refractivity contribution >= 4 is 11.8 Å². The lowest BCUT2D eigenvalue weighted by atomic mass is 10.1. The number of rotatable bonds is 7. The molecule has 0 atom stereocenters. The van der Waals surface area contributed by atoms with Crippen LogP contribution in [0.1, 0.15) is 56.2 Å². The van der Waals surface area contributed by atoms with Gasteiger partial charge in [0.15, 0.2) is 0 Å². The van der Waals surface area contributed by atoms with Crippen molar-refractivity contribution in [1.29, 1.82) is 0 Å². The molecule has 0 saturated heterocycles. The number of anilines is 1. The Bertz CT molecular complexity index is 449. The van der Waals surface area contributed by atoms with Gasteiger partial charge < -0.3 is 10.4 Å². The number of nitrogens with one attached hydrogen (secondary N) is 1. The minimum Gasteiger partial charge on any atom is -0.481 e. The van der Waals surface area contributed by atoms with Crippen LogP contribution in [0.3, 0.4) is 0 Å². The molecule has 0 spiro atoms. The second-order valence-corrected chi connectivity index (χ2v) is 5.34. The van der Waals surface area contributed by atoms with Gasteiger partial charge in [-0.1, -0.05) is 12.8 Å². The summed E-state index contributed by atoms with van der Waals surface area (Å²) >= 11 is 0. The van der Waals surface area contributed by atoms with Crippen LogP contribution in [0.15, 0.2) is 6.33 Å². The van der Waals surface area contributed by atoms with E-state index in [4.69, 9.17) is 5.11 Å². The van der Waals surface area contributed by atoms with Crippen LogP contribution >= 0.6 is 0 Å². The first kappa shape index (κ1) is 14.8. The lowest BCUT2D eigenvalue weighted by Crippen LogP contribution is -2.09. The number of unbranched alkanes of at least 4 members (excludes halogenated alkanes) is 2. The molecule has 0 saturated carbocycles. The maximum atomic E-state index is 10.4. The zero-order valence-corrected chi connectivity index (χ0v) is 11.9. The molecule has 5 nitrogen and oxygen atoms in total. The summed E-state index contributed by atoms with van der Waals surface area (Å²) in [4.78, 5) is 19.2. The van der Waals surface area contributed by atoms with Gasteiger partial charge in [-0.3, -0.25) is 4.79 Å². The van der Waals surface area contributed by atoms with E-state index in [0.29, 0.717) is 0 Å². The Morgan fingerprint density at radius 3 is 2.85 bits per heavy atom. The molecular formula is C15H23N3O2. The summed E-state index contributed by atoms with van der Waals surface area (Å²) in [5.74, 6) is 0.272. The Morgan fingerprint density at radius 2 is 2.00 bits per heavy atom. The maximum Gasteiger partial charge on any atom is 0.303 e. The Labute approximate surface area is 119 Å².